The fourth-order valence-electron chi connectivity index (χ4n) is 4.86. The minimum absolute atomic E-state index is 0.0779. The number of carbonyl (C=O) groups excluding carboxylic acids is 2. The average molecular weight is 649 g/mol. The van der Waals surface area contributed by atoms with E-state index in [1.165, 1.54) is 19.1 Å². The first-order valence-corrected chi connectivity index (χ1v) is 16.1. The number of benzene rings is 3. The van der Waals surface area contributed by atoms with Gasteiger partial charge in [-0.1, -0.05) is 86.1 Å². The molecule has 0 spiro atoms. The Morgan fingerprint density at radius 2 is 1.57 bits per heavy atom. The third-order valence-electron chi connectivity index (χ3n) is 7.24. The molecule has 3 aromatic carbocycles. The monoisotopic (exact) mass is 648 g/mol. The topological polar surface area (TPSA) is 188 Å². The number of aliphatic carboxylic acids is 1. The molecule has 1 heterocycles. The van der Waals surface area contributed by atoms with Crippen molar-refractivity contribution in [2.45, 2.75) is 62.8 Å². The Morgan fingerprint density at radius 1 is 0.913 bits per heavy atom. The summed E-state index contributed by atoms with van der Waals surface area (Å²) in [4.78, 5) is 36.6. The average Bonchev–Trinajstić information content (AvgIpc) is 3.43. The lowest BCUT2D eigenvalue weighted by Gasteiger charge is -2.21. The van der Waals surface area contributed by atoms with Crippen LogP contribution in [0.3, 0.4) is 0 Å². The summed E-state index contributed by atoms with van der Waals surface area (Å²) in [5.74, 6) is -3.11. The van der Waals surface area contributed by atoms with E-state index in [1.807, 2.05) is 17.7 Å². The highest BCUT2D eigenvalue weighted by Crippen LogP contribution is 2.28. The highest BCUT2D eigenvalue weighted by molar-refractivity contribution is 7.90. The predicted octanol–water partition coefficient (Wildman–Crippen LogP) is 2.52. The molecule has 0 radical (unpaired) electrons. The second-order valence-corrected chi connectivity index (χ2v) is 12.5. The van der Waals surface area contributed by atoms with Gasteiger partial charge in [-0.25, -0.2) is 17.9 Å². The number of carboxylic acids is 1. The molecular formula is C33H36N4O8S. The van der Waals surface area contributed by atoms with Gasteiger partial charge < -0.3 is 20.6 Å². The van der Waals surface area contributed by atoms with E-state index < -0.39 is 46.1 Å². The van der Waals surface area contributed by atoms with E-state index in [1.54, 1.807) is 71.4 Å². The molecule has 242 valence electrons. The molecule has 13 heteroatoms. The quantitative estimate of drug-likeness (QED) is 0.137. The zero-order valence-corrected chi connectivity index (χ0v) is 26.1. The van der Waals surface area contributed by atoms with Crippen LogP contribution in [-0.2, 0) is 39.0 Å². The van der Waals surface area contributed by atoms with E-state index in [4.69, 9.17) is 0 Å². The number of sulfonamides is 1. The summed E-state index contributed by atoms with van der Waals surface area (Å²) >= 11 is 0. The van der Waals surface area contributed by atoms with Crippen molar-refractivity contribution in [2.75, 3.05) is 0 Å². The third kappa shape index (κ3) is 8.44. The predicted molar refractivity (Wildman–Crippen MR) is 169 cm³/mol. The molecule has 0 saturated carbocycles. The maximum Gasteiger partial charge on any atom is 0.334 e. The molecule has 0 aliphatic rings. The number of hydrogen-bond acceptors (Lipinski definition) is 8. The van der Waals surface area contributed by atoms with Gasteiger partial charge in [0.05, 0.1) is 17.5 Å². The van der Waals surface area contributed by atoms with Crippen molar-refractivity contribution >= 4 is 27.8 Å². The molecule has 0 saturated heterocycles. The summed E-state index contributed by atoms with van der Waals surface area (Å²) in [5.41, 5.74) is 3.35. The molecule has 3 atom stereocenters. The summed E-state index contributed by atoms with van der Waals surface area (Å²) in [6, 6.07) is 22.7. The number of aliphatic hydroxyl groups is 2. The van der Waals surface area contributed by atoms with Crippen LogP contribution in [-0.4, -0.2) is 69.6 Å². The number of hydrogen-bond donors (Lipinski definition) is 5. The number of aliphatic hydroxyl groups excluding tert-OH is 2. The van der Waals surface area contributed by atoms with E-state index in [-0.39, 0.29) is 17.0 Å². The van der Waals surface area contributed by atoms with Crippen molar-refractivity contribution in [3.05, 3.63) is 107 Å². The van der Waals surface area contributed by atoms with E-state index in [0.717, 1.165) is 23.2 Å². The van der Waals surface area contributed by atoms with Gasteiger partial charge in [0.25, 0.3) is 21.8 Å². The van der Waals surface area contributed by atoms with Crippen LogP contribution in [0.5, 0.6) is 0 Å². The fourth-order valence-corrected chi connectivity index (χ4v) is 6.14. The number of amides is 2. The molecule has 0 bridgehead atoms. The van der Waals surface area contributed by atoms with Gasteiger partial charge in [-0.2, -0.15) is 5.10 Å². The molecule has 0 unspecified atom stereocenters. The number of nitrogens with one attached hydrogen (secondary N) is 2. The van der Waals surface area contributed by atoms with Crippen LogP contribution >= 0.6 is 0 Å². The highest BCUT2D eigenvalue weighted by Gasteiger charge is 2.29. The molecular weight excluding hydrogens is 612 g/mol. The summed E-state index contributed by atoms with van der Waals surface area (Å²) in [6.45, 7) is 3.45. The first-order chi connectivity index (χ1) is 21.9. The lowest BCUT2D eigenvalue weighted by Crippen LogP contribution is -2.48. The summed E-state index contributed by atoms with van der Waals surface area (Å²) in [7, 11) is -4.26. The van der Waals surface area contributed by atoms with Gasteiger partial charge in [0.1, 0.15) is 11.8 Å². The number of carboxylic acid groups (broad SMARTS) is 1. The zero-order chi connectivity index (χ0) is 33.4. The van der Waals surface area contributed by atoms with E-state index in [0.29, 0.717) is 24.1 Å². The number of rotatable bonds is 14. The summed E-state index contributed by atoms with van der Waals surface area (Å²) in [6.07, 6.45) is -1.83. The lowest BCUT2D eigenvalue weighted by molar-refractivity contribution is -0.148. The Bertz CT molecular complexity index is 1790. The fraction of sp³-hybridized carbons (Fsp3) is 0.273. The number of aryl methyl sites for hydroxylation is 1. The Balaban J connectivity index is 1.55. The molecule has 4 rings (SSSR count). The van der Waals surface area contributed by atoms with Crippen LogP contribution in [0, 0.1) is 0 Å². The highest BCUT2D eigenvalue weighted by atomic mass is 32.2. The van der Waals surface area contributed by atoms with Crippen LogP contribution < -0.4 is 10.0 Å². The lowest BCUT2D eigenvalue weighted by atomic mass is 10.0. The van der Waals surface area contributed by atoms with Crippen molar-refractivity contribution in [2.24, 2.45) is 0 Å². The van der Waals surface area contributed by atoms with Gasteiger partial charge >= 0.3 is 5.97 Å². The van der Waals surface area contributed by atoms with Gasteiger partial charge in [0.2, 0.25) is 0 Å². The molecule has 46 heavy (non-hydrogen) atoms. The second-order valence-electron chi connectivity index (χ2n) is 10.8. The Labute approximate surface area is 266 Å². The summed E-state index contributed by atoms with van der Waals surface area (Å²) in [5, 5.41) is 36.3. The maximum absolute atomic E-state index is 13.2. The zero-order valence-electron chi connectivity index (χ0n) is 25.3. The van der Waals surface area contributed by atoms with Gasteiger partial charge in [-0.15, -0.1) is 0 Å². The Hall–Kier alpha value is -4.85. The van der Waals surface area contributed by atoms with E-state index in [9.17, 15) is 38.1 Å². The molecule has 12 nitrogen and oxygen atoms in total. The largest absolute Gasteiger partial charge is 0.479 e. The van der Waals surface area contributed by atoms with Crippen LogP contribution in [0.1, 0.15) is 47.6 Å². The minimum Gasteiger partial charge on any atom is -0.479 e. The summed E-state index contributed by atoms with van der Waals surface area (Å²) < 4.78 is 29.4. The molecule has 2 amide bonds. The van der Waals surface area contributed by atoms with Crippen LogP contribution in [0.4, 0.5) is 0 Å². The first-order valence-electron chi connectivity index (χ1n) is 14.6. The SMILES string of the molecule is CCCc1cc(C(=O)N[C@H](Cc2ccccc2)[C@@H](O)C(=O)O)nn1Cc1ccc(-c2ccccc2S(=O)(=O)NC(=O)[C@@H](C)O)cc1. The number of aromatic nitrogens is 2. The van der Waals surface area contributed by atoms with Crippen molar-refractivity contribution in [3.8, 4) is 11.1 Å². The van der Waals surface area contributed by atoms with Gasteiger partial charge in [0.15, 0.2) is 6.10 Å². The Kier molecular flexibility index (Phi) is 11.1. The van der Waals surface area contributed by atoms with Crippen LogP contribution in [0.2, 0.25) is 0 Å². The molecule has 5 N–H and O–H groups in total. The molecule has 1 aromatic heterocycles. The molecule has 0 aliphatic carbocycles. The van der Waals surface area contributed by atoms with Gasteiger partial charge in [-0.3, -0.25) is 14.3 Å². The first kappa shape index (κ1) is 34.0. The molecule has 0 aliphatic heterocycles. The second kappa shape index (κ2) is 15.0. The number of carbonyl (C=O) groups is 3. The van der Waals surface area contributed by atoms with E-state index >= 15 is 0 Å². The van der Waals surface area contributed by atoms with Gasteiger partial charge in [0, 0.05) is 11.3 Å². The van der Waals surface area contributed by atoms with Crippen molar-refractivity contribution in [1.29, 1.82) is 0 Å². The minimum atomic E-state index is -4.26. The molecule has 0 fully saturated rings. The smallest absolute Gasteiger partial charge is 0.334 e. The maximum atomic E-state index is 13.2. The van der Waals surface area contributed by atoms with Crippen molar-refractivity contribution in [3.63, 3.8) is 0 Å². The number of nitrogens with zero attached hydrogens (tertiary/aromatic N) is 2. The van der Waals surface area contributed by atoms with Crippen molar-refractivity contribution in [1.82, 2.24) is 19.8 Å². The van der Waals surface area contributed by atoms with Crippen molar-refractivity contribution < 1.29 is 38.1 Å². The molecule has 4 aromatic rings. The normalized spacial score (nSPS) is 13.4. The standard InChI is InChI=1S/C33H36N4O8S/c1-3-9-25-19-28(32(41)34-27(30(39)33(42)43)18-22-10-5-4-6-11-22)35-37(25)20-23-14-16-24(17-15-23)26-12-7-8-13-29(26)46(44,45)36-31(40)21(2)38/h4-8,10-17,19,21,27,30,38-39H,3,9,18,20H2,1-2H3,(H,34,41)(H,36,40)(H,42,43)/t21-,27-,30-/m1/s1. The van der Waals surface area contributed by atoms with Crippen LogP contribution in [0.25, 0.3) is 11.1 Å². The Morgan fingerprint density at radius 3 is 2.20 bits per heavy atom. The van der Waals surface area contributed by atoms with Crippen LogP contribution in [0.15, 0.2) is 89.8 Å². The van der Waals surface area contributed by atoms with E-state index in [2.05, 4.69) is 10.4 Å². The van der Waals surface area contributed by atoms with Gasteiger partial charge in [-0.05, 0) is 48.6 Å². The third-order valence-corrected chi connectivity index (χ3v) is 8.64.